The summed E-state index contributed by atoms with van der Waals surface area (Å²) < 4.78 is 2.74. The molecule has 0 radical (unpaired) electrons. The number of nitrogens with one attached hydrogen (secondary N) is 1. The van der Waals surface area contributed by atoms with Crippen molar-refractivity contribution in [2.75, 3.05) is 12.8 Å². The van der Waals surface area contributed by atoms with Crippen molar-refractivity contribution >= 4 is 11.8 Å². The molecule has 0 fully saturated rings. The fraction of sp³-hybridized carbons (Fsp3) is 0.667. The minimum atomic E-state index is -0.288. The van der Waals surface area contributed by atoms with Crippen LogP contribution in [-0.4, -0.2) is 26.7 Å². The van der Waals surface area contributed by atoms with E-state index in [4.69, 9.17) is 0 Å². The summed E-state index contributed by atoms with van der Waals surface area (Å²) in [5.41, 5.74) is 0.155. The summed E-state index contributed by atoms with van der Waals surface area (Å²) in [7, 11) is 3.16. The van der Waals surface area contributed by atoms with Gasteiger partial charge in [-0.3, -0.25) is 13.9 Å². The number of thioether (sulfide) groups is 1. The van der Waals surface area contributed by atoms with Crippen molar-refractivity contribution in [2.24, 2.45) is 14.1 Å². The number of rotatable bonds is 5. The molecule has 0 aliphatic rings. The molecule has 0 atom stereocenters. The highest BCUT2D eigenvalue weighted by atomic mass is 32.2. The number of nitrogens with zero attached hydrogens (tertiary/aromatic N) is 2. The highest BCUT2D eigenvalue weighted by Gasteiger charge is 2.15. The molecule has 18 heavy (non-hydrogen) atoms. The molecule has 5 nitrogen and oxygen atoms in total. The van der Waals surface area contributed by atoms with E-state index in [-0.39, 0.29) is 16.0 Å². The van der Waals surface area contributed by atoms with Crippen molar-refractivity contribution in [3.05, 3.63) is 32.6 Å². The third kappa shape index (κ3) is 3.49. The van der Waals surface area contributed by atoms with Gasteiger partial charge in [0.2, 0.25) is 0 Å². The van der Waals surface area contributed by atoms with Crippen LogP contribution in [0.5, 0.6) is 0 Å². The molecule has 0 saturated carbocycles. The lowest BCUT2D eigenvalue weighted by Crippen LogP contribution is -2.40. The monoisotopic (exact) mass is 271 g/mol. The molecule has 0 aromatic carbocycles. The van der Waals surface area contributed by atoms with Gasteiger partial charge in [-0.1, -0.05) is 0 Å². The van der Waals surface area contributed by atoms with E-state index < -0.39 is 0 Å². The Morgan fingerprint density at radius 1 is 1.28 bits per heavy atom. The van der Waals surface area contributed by atoms with Crippen molar-refractivity contribution in [3.63, 3.8) is 0 Å². The Hall–Kier alpha value is -1.01. The minimum absolute atomic E-state index is 0.138. The minimum Gasteiger partial charge on any atom is -0.310 e. The summed E-state index contributed by atoms with van der Waals surface area (Å²) in [6, 6.07) is 1.50. The van der Waals surface area contributed by atoms with Crippen molar-refractivity contribution in [1.82, 2.24) is 14.5 Å². The maximum atomic E-state index is 11.7. The van der Waals surface area contributed by atoms with Gasteiger partial charge in [0.05, 0.1) is 0 Å². The van der Waals surface area contributed by atoms with E-state index >= 15 is 0 Å². The third-order valence-electron chi connectivity index (χ3n) is 3.03. The summed E-state index contributed by atoms with van der Waals surface area (Å²) in [5.74, 6) is 0. The summed E-state index contributed by atoms with van der Waals surface area (Å²) in [5, 5.41) is 3.28. The van der Waals surface area contributed by atoms with Crippen LogP contribution in [0, 0.1) is 0 Å². The van der Waals surface area contributed by atoms with Crippen LogP contribution in [0.3, 0.4) is 0 Å². The van der Waals surface area contributed by atoms with E-state index in [0.29, 0.717) is 12.2 Å². The summed E-state index contributed by atoms with van der Waals surface area (Å²) in [4.78, 5) is 23.3. The fourth-order valence-corrected chi connectivity index (χ4v) is 1.76. The number of hydrogen-bond donors (Lipinski definition) is 1. The molecular weight excluding hydrogens is 250 g/mol. The van der Waals surface area contributed by atoms with Gasteiger partial charge in [-0.25, -0.2) is 4.79 Å². The van der Waals surface area contributed by atoms with Gasteiger partial charge in [0.15, 0.2) is 0 Å². The molecule has 1 heterocycles. The third-order valence-corrected chi connectivity index (χ3v) is 4.28. The quantitative estimate of drug-likeness (QED) is 0.838. The van der Waals surface area contributed by atoms with Gasteiger partial charge < -0.3 is 5.32 Å². The van der Waals surface area contributed by atoms with Crippen molar-refractivity contribution in [1.29, 1.82) is 0 Å². The molecule has 1 rings (SSSR count). The standard InChI is InChI=1S/C12H21N3O2S/c1-12(2,18-5)8-13-7-9-6-10(16)15(4)11(17)14(9)3/h6,13H,7-8H2,1-5H3. The molecular formula is C12H21N3O2S. The molecule has 0 spiro atoms. The van der Waals surface area contributed by atoms with Crippen molar-refractivity contribution in [3.8, 4) is 0 Å². The van der Waals surface area contributed by atoms with E-state index in [2.05, 4.69) is 25.4 Å². The van der Waals surface area contributed by atoms with Crippen LogP contribution < -0.4 is 16.6 Å². The Morgan fingerprint density at radius 3 is 2.44 bits per heavy atom. The lowest BCUT2D eigenvalue weighted by Gasteiger charge is -2.22. The maximum Gasteiger partial charge on any atom is 0.330 e. The Balaban J connectivity index is 2.82. The molecule has 1 aromatic rings. The first-order valence-corrected chi connectivity index (χ1v) is 7.03. The van der Waals surface area contributed by atoms with E-state index in [1.165, 1.54) is 17.7 Å². The van der Waals surface area contributed by atoms with Crippen LogP contribution in [0.2, 0.25) is 0 Å². The second-order valence-electron chi connectivity index (χ2n) is 4.94. The first kappa shape index (κ1) is 15.0. The highest BCUT2D eigenvalue weighted by Crippen LogP contribution is 2.19. The second kappa shape index (κ2) is 5.75. The predicted molar refractivity (Wildman–Crippen MR) is 76.2 cm³/mol. The maximum absolute atomic E-state index is 11.7. The Kier molecular flexibility index (Phi) is 4.81. The summed E-state index contributed by atoms with van der Waals surface area (Å²) >= 11 is 1.78. The molecule has 6 heteroatoms. The van der Waals surface area contributed by atoms with Gasteiger partial charge in [0.1, 0.15) is 0 Å². The molecule has 0 aliphatic heterocycles. The van der Waals surface area contributed by atoms with Gasteiger partial charge in [-0.05, 0) is 20.1 Å². The van der Waals surface area contributed by atoms with Crippen LogP contribution >= 0.6 is 11.8 Å². The van der Waals surface area contributed by atoms with Crippen molar-refractivity contribution in [2.45, 2.75) is 25.1 Å². The second-order valence-corrected chi connectivity index (χ2v) is 6.46. The molecule has 102 valence electrons. The molecule has 0 amide bonds. The van der Waals surface area contributed by atoms with E-state index in [9.17, 15) is 9.59 Å². The summed E-state index contributed by atoms with van der Waals surface area (Å²) in [6.07, 6.45) is 2.07. The number of aromatic nitrogens is 2. The topological polar surface area (TPSA) is 56.0 Å². The zero-order chi connectivity index (χ0) is 13.9. The first-order valence-electron chi connectivity index (χ1n) is 5.80. The Labute approximate surface area is 111 Å². The molecule has 1 N–H and O–H groups in total. The average molecular weight is 271 g/mol. The predicted octanol–water partition coefficient (Wildman–Crippen LogP) is 0.315. The molecule has 0 bridgehead atoms. The zero-order valence-electron chi connectivity index (χ0n) is 11.6. The lowest BCUT2D eigenvalue weighted by atomic mass is 10.2. The largest absolute Gasteiger partial charge is 0.330 e. The Morgan fingerprint density at radius 2 is 1.89 bits per heavy atom. The first-order chi connectivity index (χ1) is 8.28. The fourth-order valence-electron chi connectivity index (χ4n) is 1.51. The molecule has 0 unspecified atom stereocenters. The van der Waals surface area contributed by atoms with E-state index in [1.807, 2.05) is 0 Å². The lowest BCUT2D eigenvalue weighted by molar-refractivity contribution is 0.558. The van der Waals surface area contributed by atoms with Gasteiger partial charge >= 0.3 is 5.69 Å². The van der Waals surface area contributed by atoms with Crippen LogP contribution in [-0.2, 0) is 20.6 Å². The number of hydrogen-bond acceptors (Lipinski definition) is 4. The van der Waals surface area contributed by atoms with Gasteiger partial charge in [-0.15, -0.1) is 0 Å². The average Bonchev–Trinajstić information content (AvgIpc) is 2.33. The van der Waals surface area contributed by atoms with E-state index in [1.54, 1.807) is 18.8 Å². The molecule has 0 saturated heterocycles. The van der Waals surface area contributed by atoms with E-state index in [0.717, 1.165) is 11.1 Å². The van der Waals surface area contributed by atoms with Gasteiger partial charge in [0.25, 0.3) is 5.56 Å². The van der Waals surface area contributed by atoms with Crippen LogP contribution in [0.4, 0.5) is 0 Å². The van der Waals surface area contributed by atoms with Gasteiger partial charge in [0, 0.05) is 43.7 Å². The normalized spacial score (nSPS) is 11.8. The summed E-state index contributed by atoms with van der Waals surface area (Å²) in [6.45, 7) is 5.63. The van der Waals surface area contributed by atoms with Gasteiger partial charge in [-0.2, -0.15) is 11.8 Å². The van der Waals surface area contributed by atoms with Crippen molar-refractivity contribution < 1.29 is 0 Å². The smallest absolute Gasteiger partial charge is 0.310 e. The van der Waals surface area contributed by atoms with Crippen LogP contribution in [0.15, 0.2) is 15.7 Å². The highest BCUT2D eigenvalue weighted by molar-refractivity contribution is 7.99. The van der Waals surface area contributed by atoms with Crippen LogP contribution in [0.25, 0.3) is 0 Å². The molecule has 0 aliphatic carbocycles. The molecule has 1 aromatic heterocycles. The van der Waals surface area contributed by atoms with Crippen LogP contribution in [0.1, 0.15) is 19.5 Å². The zero-order valence-corrected chi connectivity index (χ0v) is 12.4. The SMILES string of the molecule is CSC(C)(C)CNCc1cc(=O)n(C)c(=O)n1C. The Bertz CT molecular complexity index is 531.